The van der Waals surface area contributed by atoms with Gasteiger partial charge >= 0.3 is 12.1 Å². The number of nitrogens with one attached hydrogen (secondary N) is 1. The molecule has 1 aliphatic carbocycles. The number of carbonyl (C=O) groups is 3. The van der Waals surface area contributed by atoms with Gasteiger partial charge in [0.15, 0.2) is 0 Å². The number of alkyl halides is 3. The summed E-state index contributed by atoms with van der Waals surface area (Å²) in [5.41, 5.74) is -0.414. The van der Waals surface area contributed by atoms with Crippen LogP contribution in [-0.2, 0) is 4.79 Å². The third-order valence-corrected chi connectivity index (χ3v) is 4.39. The first-order valence-corrected chi connectivity index (χ1v) is 7.70. The van der Waals surface area contributed by atoms with E-state index >= 15 is 0 Å². The van der Waals surface area contributed by atoms with Gasteiger partial charge in [-0.05, 0) is 25.0 Å². The predicted octanol–water partition coefficient (Wildman–Crippen LogP) is 3.12. The molecule has 3 amide bonds. The SMILES string of the molecule is O=C1c2cccc(NC(=O)C(F)(F)F)c2C(=O)N1C1CCCCC1. The topological polar surface area (TPSA) is 66.5 Å². The minimum absolute atomic E-state index is 0.0329. The zero-order valence-corrected chi connectivity index (χ0v) is 12.7. The molecule has 1 aliphatic heterocycles. The Bertz CT molecular complexity index is 709. The lowest BCUT2D eigenvalue weighted by atomic mass is 9.94. The van der Waals surface area contributed by atoms with Gasteiger partial charge in [0.25, 0.3) is 11.8 Å². The molecule has 0 atom stereocenters. The van der Waals surface area contributed by atoms with Crippen LogP contribution >= 0.6 is 0 Å². The number of carbonyl (C=O) groups excluding carboxylic acids is 3. The Balaban J connectivity index is 1.93. The zero-order chi connectivity index (χ0) is 17.5. The molecular formula is C16H15F3N2O3. The number of fused-ring (bicyclic) bond motifs is 1. The van der Waals surface area contributed by atoms with Crippen molar-refractivity contribution in [2.24, 2.45) is 0 Å². The molecular weight excluding hydrogens is 325 g/mol. The molecule has 5 nitrogen and oxygen atoms in total. The second-order valence-corrected chi connectivity index (χ2v) is 5.95. The van der Waals surface area contributed by atoms with Crippen molar-refractivity contribution in [3.05, 3.63) is 29.3 Å². The zero-order valence-electron chi connectivity index (χ0n) is 12.7. The van der Waals surface area contributed by atoms with Gasteiger partial charge in [-0.1, -0.05) is 25.3 Å². The van der Waals surface area contributed by atoms with Gasteiger partial charge in [-0.2, -0.15) is 13.2 Å². The lowest BCUT2D eigenvalue weighted by Gasteiger charge is -2.29. The van der Waals surface area contributed by atoms with Gasteiger partial charge < -0.3 is 5.32 Å². The van der Waals surface area contributed by atoms with E-state index in [4.69, 9.17) is 0 Å². The van der Waals surface area contributed by atoms with Gasteiger partial charge in [-0.15, -0.1) is 0 Å². The van der Waals surface area contributed by atoms with Crippen LogP contribution < -0.4 is 5.32 Å². The van der Waals surface area contributed by atoms with Crippen molar-refractivity contribution in [2.75, 3.05) is 5.32 Å². The highest BCUT2D eigenvalue weighted by Crippen LogP contribution is 2.34. The van der Waals surface area contributed by atoms with Crippen LogP contribution in [0.4, 0.5) is 18.9 Å². The molecule has 1 heterocycles. The van der Waals surface area contributed by atoms with E-state index < -0.39 is 23.9 Å². The fourth-order valence-corrected chi connectivity index (χ4v) is 3.27. The van der Waals surface area contributed by atoms with E-state index in [0.29, 0.717) is 12.8 Å². The smallest absolute Gasteiger partial charge is 0.317 e. The summed E-state index contributed by atoms with van der Waals surface area (Å²) in [5.74, 6) is -3.32. The molecule has 0 aromatic heterocycles. The number of imide groups is 1. The summed E-state index contributed by atoms with van der Waals surface area (Å²) in [6.07, 6.45) is -0.860. The molecule has 1 fully saturated rings. The number of rotatable bonds is 2. The minimum Gasteiger partial charge on any atom is -0.317 e. The third kappa shape index (κ3) is 2.76. The Morgan fingerprint density at radius 2 is 1.75 bits per heavy atom. The predicted molar refractivity (Wildman–Crippen MR) is 78.5 cm³/mol. The standard InChI is InChI=1S/C16H15F3N2O3/c17-16(18,19)15(24)20-11-8-4-7-10-12(11)14(23)21(13(10)22)9-5-2-1-3-6-9/h4,7-9H,1-3,5-6H2,(H,20,24). The van der Waals surface area contributed by atoms with Crippen molar-refractivity contribution in [3.8, 4) is 0 Å². The molecule has 2 aliphatic rings. The quantitative estimate of drug-likeness (QED) is 0.841. The van der Waals surface area contributed by atoms with Crippen molar-refractivity contribution in [1.29, 1.82) is 0 Å². The average molecular weight is 340 g/mol. The molecule has 0 bridgehead atoms. The molecule has 24 heavy (non-hydrogen) atoms. The lowest BCUT2D eigenvalue weighted by Crippen LogP contribution is -2.41. The van der Waals surface area contributed by atoms with E-state index in [0.717, 1.165) is 24.2 Å². The van der Waals surface area contributed by atoms with Crippen molar-refractivity contribution >= 4 is 23.4 Å². The summed E-state index contributed by atoms with van der Waals surface area (Å²) in [6, 6.07) is 3.69. The molecule has 1 N–H and O–H groups in total. The molecule has 1 saturated carbocycles. The maximum absolute atomic E-state index is 12.6. The van der Waals surface area contributed by atoms with Gasteiger partial charge in [-0.3, -0.25) is 19.3 Å². The molecule has 128 valence electrons. The maximum atomic E-state index is 12.6. The molecule has 1 aromatic carbocycles. The molecule has 0 radical (unpaired) electrons. The second kappa shape index (κ2) is 5.92. The highest BCUT2D eigenvalue weighted by molar-refractivity contribution is 6.24. The fourth-order valence-electron chi connectivity index (χ4n) is 3.27. The van der Waals surface area contributed by atoms with Gasteiger partial charge in [-0.25, -0.2) is 0 Å². The van der Waals surface area contributed by atoms with Gasteiger partial charge in [0.1, 0.15) is 0 Å². The molecule has 8 heteroatoms. The molecule has 0 unspecified atom stereocenters. The maximum Gasteiger partial charge on any atom is 0.471 e. The summed E-state index contributed by atoms with van der Waals surface area (Å²) in [4.78, 5) is 37.4. The number of anilines is 1. The summed E-state index contributed by atoms with van der Waals surface area (Å²) in [6.45, 7) is 0. The third-order valence-electron chi connectivity index (χ3n) is 4.39. The van der Waals surface area contributed by atoms with E-state index in [9.17, 15) is 27.6 Å². The van der Waals surface area contributed by atoms with E-state index in [-0.39, 0.29) is 22.9 Å². The Hall–Kier alpha value is -2.38. The van der Waals surface area contributed by atoms with Crippen LogP contribution in [0.3, 0.4) is 0 Å². The number of hydrogen-bond donors (Lipinski definition) is 1. The van der Waals surface area contributed by atoms with E-state index in [1.54, 1.807) is 5.32 Å². The Kier molecular flexibility index (Phi) is 4.06. The van der Waals surface area contributed by atoms with E-state index in [2.05, 4.69) is 0 Å². The lowest BCUT2D eigenvalue weighted by molar-refractivity contribution is -0.167. The van der Waals surface area contributed by atoms with Crippen LogP contribution in [0.1, 0.15) is 52.8 Å². The fraction of sp³-hybridized carbons (Fsp3) is 0.438. The molecule has 0 spiro atoms. The highest BCUT2D eigenvalue weighted by Gasteiger charge is 2.44. The largest absolute Gasteiger partial charge is 0.471 e. The van der Waals surface area contributed by atoms with Crippen molar-refractivity contribution in [2.45, 2.75) is 44.3 Å². The van der Waals surface area contributed by atoms with Gasteiger partial charge in [0.2, 0.25) is 0 Å². The second-order valence-electron chi connectivity index (χ2n) is 5.95. The van der Waals surface area contributed by atoms with Crippen LogP contribution in [0.2, 0.25) is 0 Å². The van der Waals surface area contributed by atoms with Crippen molar-refractivity contribution in [1.82, 2.24) is 4.90 Å². The van der Waals surface area contributed by atoms with E-state index in [1.807, 2.05) is 0 Å². The molecule has 0 saturated heterocycles. The van der Waals surface area contributed by atoms with Gasteiger partial charge in [0.05, 0.1) is 16.8 Å². The molecule has 1 aromatic rings. The number of halogens is 3. The van der Waals surface area contributed by atoms with Crippen LogP contribution in [-0.4, -0.2) is 34.8 Å². The van der Waals surface area contributed by atoms with E-state index in [1.165, 1.54) is 18.2 Å². The van der Waals surface area contributed by atoms with Crippen LogP contribution in [0.15, 0.2) is 18.2 Å². The number of nitrogens with zero attached hydrogens (tertiary/aromatic N) is 1. The summed E-state index contributed by atoms with van der Waals surface area (Å²) in [5, 5.41) is 1.69. The Labute approximate surface area is 135 Å². The monoisotopic (exact) mass is 340 g/mol. The van der Waals surface area contributed by atoms with Crippen molar-refractivity contribution < 1.29 is 27.6 Å². The normalized spacial score (nSPS) is 18.7. The first-order valence-electron chi connectivity index (χ1n) is 7.70. The Morgan fingerprint density at radius 3 is 2.38 bits per heavy atom. The highest BCUT2D eigenvalue weighted by atomic mass is 19.4. The number of benzene rings is 1. The van der Waals surface area contributed by atoms with Gasteiger partial charge in [0, 0.05) is 6.04 Å². The van der Waals surface area contributed by atoms with Crippen LogP contribution in [0.25, 0.3) is 0 Å². The number of hydrogen-bond acceptors (Lipinski definition) is 3. The van der Waals surface area contributed by atoms with Crippen LogP contribution in [0.5, 0.6) is 0 Å². The summed E-state index contributed by atoms with van der Waals surface area (Å²) >= 11 is 0. The minimum atomic E-state index is -5.07. The first-order chi connectivity index (χ1) is 11.3. The number of amides is 3. The first kappa shape index (κ1) is 16.5. The Morgan fingerprint density at radius 1 is 1.08 bits per heavy atom. The average Bonchev–Trinajstić information content (AvgIpc) is 2.79. The van der Waals surface area contributed by atoms with Crippen molar-refractivity contribution in [3.63, 3.8) is 0 Å². The molecule has 3 rings (SSSR count). The summed E-state index contributed by atoms with van der Waals surface area (Å²) in [7, 11) is 0. The summed E-state index contributed by atoms with van der Waals surface area (Å²) < 4.78 is 37.4. The van der Waals surface area contributed by atoms with Crippen LogP contribution in [0, 0.1) is 0 Å².